The number of ether oxygens (including phenoxy) is 1. The minimum absolute atomic E-state index is 0.228. The van der Waals surface area contributed by atoms with Crippen LogP contribution in [0.15, 0.2) is 60.8 Å². The van der Waals surface area contributed by atoms with Gasteiger partial charge in [0, 0.05) is 6.07 Å². The van der Waals surface area contributed by atoms with Crippen LogP contribution in [-0.2, 0) is 0 Å². The van der Waals surface area contributed by atoms with Gasteiger partial charge in [0.1, 0.15) is 5.75 Å². The van der Waals surface area contributed by atoms with Crippen molar-refractivity contribution in [3.05, 3.63) is 82.0 Å². The summed E-state index contributed by atoms with van der Waals surface area (Å²) in [5, 5.41) is 3.30. The van der Waals surface area contributed by atoms with Gasteiger partial charge in [-0.25, -0.2) is 4.98 Å². The van der Waals surface area contributed by atoms with Crippen LogP contribution in [0.2, 0.25) is 10.0 Å². The number of rotatable bonds is 4. The highest BCUT2D eigenvalue weighted by atomic mass is 35.5. The third kappa shape index (κ3) is 4.10. The summed E-state index contributed by atoms with van der Waals surface area (Å²) in [5.74, 6) is 0.766. The number of nitrogens with zero attached hydrogens (tertiary/aromatic N) is 1. The summed E-state index contributed by atoms with van der Waals surface area (Å²) in [4.78, 5) is 16.5. The number of carbonyl (C=O) groups is 1. The molecule has 25 heavy (non-hydrogen) atoms. The molecular weight excluding hydrogens is 359 g/mol. The molecule has 6 heteroatoms. The molecule has 2 aromatic carbocycles. The summed E-state index contributed by atoms with van der Waals surface area (Å²) < 4.78 is 5.73. The minimum atomic E-state index is -0.398. The molecule has 0 fully saturated rings. The first-order valence-corrected chi connectivity index (χ1v) is 8.25. The van der Waals surface area contributed by atoms with E-state index < -0.39 is 5.91 Å². The molecule has 0 aliphatic heterocycles. The van der Waals surface area contributed by atoms with Crippen molar-refractivity contribution < 1.29 is 9.53 Å². The van der Waals surface area contributed by atoms with Crippen LogP contribution in [0.1, 0.15) is 15.9 Å². The predicted octanol–water partition coefficient (Wildman–Crippen LogP) is 5.74. The Morgan fingerprint density at radius 1 is 1.00 bits per heavy atom. The fraction of sp³-hybridized carbons (Fsp3) is 0.0526. The van der Waals surface area contributed by atoms with Crippen molar-refractivity contribution in [2.75, 3.05) is 5.32 Å². The lowest BCUT2D eigenvalue weighted by atomic mass is 10.2. The summed E-state index contributed by atoms with van der Waals surface area (Å²) in [7, 11) is 0. The molecular formula is C19H14Cl2N2O2. The lowest BCUT2D eigenvalue weighted by Crippen LogP contribution is -2.13. The van der Waals surface area contributed by atoms with Gasteiger partial charge in [-0.3, -0.25) is 4.79 Å². The lowest BCUT2D eigenvalue weighted by molar-refractivity contribution is 0.102. The first-order valence-electron chi connectivity index (χ1n) is 7.49. The number of anilines is 1. The number of pyridine rings is 1. The van der Waals surface area contributed by atoms with E-state index in [1.165, 1.54) is 6.20 Å². The molecule has 1 heterocycles. The van der Waals surface area contributed by atoms with Gasteiger partial charge in [0.2, 0.25) is 5.88 Å². The van der Waals surface area contributed by atoms with Gasteiger partial charge < -0.3 is 10.1 Å². The van der Waals surface area contributed by atoms with E-state index in [4.69, 9.17) is 27.9 Å². The van der Waals surface area contributed by atoms with E-state index >= 15 is 0 Å². The maximum Gasteiger partial charge on any atom is 0.258 e. The second kappa shape index (κ2) is 7.55. The number of hydrogen-bond acceptors (Lipinski definition) is 3. The number of benzene rings is 2. The lowest BCUT2D eigenvalue weighted by Gasteiger charge is -2.10. The van der Waals surface area contributed by atoms with Crippen LogP contribution in [0.3, 0.4) is 0 Å². The summed E-state index contributed by atoms with van der Waals surface area (Å²) >= 11 is 12.1. The summed E-state index contributed by atoms with van der Waals surface area (Å²) in [5.41, 5.74) is 1.75. The van der Waals surface area contributed by atoms with Crippen LogP contribution in [-0.4, -0.2) is 10.9 Å². The van der Waals surface area contributed by atoms with Crippen molar-refractivity contribution in [1.29, 1.82) is 0 Å². The molecule has 3 rings (SSSR count). The van der Waals surface area contributed by atoms with Gasteiger partial charge in [0.25, 0.3) is 5.91 Å². The molecule has 0 atom stereocenters. The third-order valence-electron chi connectivity index (χ3n) is 3.49. The van der Waals surface area contributed by atoms with Gasteiger partial charge >= 0.3 is 0 Å². The van der Waals surface area contributed by atoms with Crippen LogP contribution in [0, 0.1) is 6.92 Å². The third-order valence-corrected chi connectivity index (χ3v) is 4.12. The first-order chi connectivity index (χ1) is 12.0. The van der Waals surface area contributed by atoms with Gasteiger partial charge in [-0.05, 0) is 36.8 Å². The average Bonchev–Trinajstić information content (AvgIpc) is 2.58. The van der Waals surface area contributed by atoms with Gasteiger partial charge in [-0.1, -0.05) is 47.5 Å². The van der Waals surface area contributed by atoms with E-state index in [0.717, 1.165) is 11.3 Å². The van der Waals surface area contributed by atoms with Crippen molar-refractivity contribution in [2.45, 2.75) is 6.92 Å². The smallest absolute Gasteiger partial charge is 0.258 e. The highest BCUT2D eigenvalue weighted by Gasteiger charge is 2.14. The molecule has 0 unspecified atom stereocenters. The standard InChI is InChI=1S/C19H14Cl2N2O2/c1-12-5-2-3-8-16(12)25-17-10-9-13(11-22-17)23-19(24)18-14(20)6-4-7-15(18)21/h2-11H,1H3,(H,23,24). The molecule has 0 radical (unpaired) electrons. The van der Waals surface area contributed by atoms with E-state index in [1.807, 2.05) is 31.2 Å². The molecule has 4 nitrogen and oxygen atoms in total. The molecule has 0 saturated heterocycles. The van der Waals surface area contributed by atoms with Crippen molar-refractivity contribution in [3.8, 4) is 11.6 Å². The Hall–Kier alpha value is -2.56. The summed E-state index contributed by atoms with van der Waals surface area (Å²) in [6.45, 7) is 1.96. The molecule has 0 saturated carbocycles. The Morgan fingerprint density at radius 3 is 2.36 bits per heavy atom. The number of amides is 1. The number of aromatic nitrogens is 1. The molecule has 0 spiro atoms. The zero-order valence-corrected chi connectivity index (χ0v) is 14.8. The molecule has 0 bridgehead atoms. The van der Waals surface area contributed by atoms with Crippen LogP contribution < -0.4 is 10.1 Å². The van der Waals surface area contributed by atoms with Crippen LogP contribution in [0.4, 0.5) is 5.69 Å². The fourth-order valence-corrected chi connectivity index (χ4v) is 2.78. The Kier molecular flexibility index (Phi) is 5.22. The Labute approximate surface area is 155 Å². The van der Waals surface area contributed by atoms with E-state index in [1.54, 1.807) is 30.3 Å². The number of aryl methyl sites for hydroxylation is 1. The Bertz CT molecular complexity index is 891. The normalized spacial score (nSPS) is 10.4. The monoisotopic (exact) mass is 372 g/mol. The van der Waals surface area contributed by atoms with Gasteiger partial charge in [0.05, 0.1) is 27.5 Å². The van der Waals surface area contributed by atoms with E-state index in [2.05, 4.69) is 10.3 Å². The topological polar surface area (TPSA) is 51.2 Å². The van der Waals surface area contributed by atoms with Gasteiger partial charge in [-0.15, -0.1) is 0 Å². The minimum Gasteiger partial charge on any atom is -0.439 e. The number of hydrogen-bond donors (Lipinski definition) is 1. The van der Waals surface area contributed by atoms with Gasteiger partial charge in [-0.2, -0.15) is 0 Å². The van der Waals surface area contributed by atoms with Crippen LogP contribution in [0.5, 0.6) is 11.6 Å². The second-order valence-corrected chi connectivity index (χ2v) is 6.12. The number of nitrogens with one attached hydrogen (secondary N) is 1. The van der Waals surface area contributed by atoms with Crippen molar-refractivity contribution >= 4 is 34.8 Å². The molecule has 1 aromatic heterocycles. The molecule has 1 N–H and O–H groups in total. The molecule has 0 aliphatic carbocycles. The van der Waals surface area contributed by atoms with E-state index in [-0.39, 0.29) is 15.6 Å². The van der Waals surface area contributed by atoms with Crippen molar-refractivity contribution in [2.24, 2.45) is 0 Å². The zero-order chi connectivity index (χ0) is 17.8. The van der Waals surface area contributed by atoms with Crippen LogP contribution in [0.25, 0.3) is 0 Å². The zero-order valence-electron chi connectivity index (χ0n) is 13.3. The molecule has 1 amide bonds. The second-order valence-electron chi connectivity index (χ2n) is 5.30. The Morgan fingerprint density at radius 2 is 1.72 bits per heavy atom. The predicted molar refractivity (Wildman–Crippen MR) is 99.9 cm³/mol. The summed E-state index contributed by atoms with van der Waals surface area (Å²) in [6, 6.07) is 15.9. The largest absolute Gasteiger partial charge is 0.439 e. The first kappa shape index (κ1) is 17.3. The average molecular weight is 373 g/mol. The number of halogens is 2. The highest BCUT2D eigenvalue weighted by Crippen LogP contribution is 2.26. The maximum absolute atomic E-state index is 12.3. The maximum atomic E-state index is 12.3. The van der Waals surface area contributed by atoms with Gasteiger partial charge in [0.15, 0.2) is 0 Å². The molecule has 126 valence electrons. The van der Waals surface area contributed by atoms with Crippen molar-refractivity contribution in [3.63, 3.8) is 0 Å². The van der Waals surface area contributed by atoms with Crippen LogP contribution >= 0.6 is 23.2 Å². The highest BCUT2D eigenvalue weighted by molar-refractivity contribution is 6.40. The quantitative estimate of drug-likeness (QED) is 0.634. The molecule has 3 aromatic rings. The van der Waals surface area contributed by atoms with E-state index in [9.17, 15) is 4.79 Å². The summed E-state index contributed by atoms with van der Waals surface area (Å²) in [6.07, 6.45) is 1.51. The number of carbonyl (C=O) groups excluding carboxylic acids is 1. The SMILES string of the molecule is Cc1ccccc1Oc1ccc(NC(=O)c2c(Cl)cccc2Cl)cn1. The van der Waals surface area contributed by atoms with E-state index in [0.29, 0.717) is 11.6 Å². The van der Waals surface area contributed by atoms with Crippen molar-refractivity contribution in [1.82, 2.24) is 4.98 Å². The Balaban J connectivity index is 1.73. The number of para-hydroxylation sites is 1. The fourth-order valence-electron chi connectivity index (χ4n) is 2.21. The molecule has 0 aliphatic rings.